The number of rotatable bonds is 9. The van der Waals surface area contributed by atoms with E-state index in [4.69, 9.17) is 5.73 Å². The van der Waals surface area contributed by atoms with Crippen LogP contribution in [0.4, 0.5) is 5.69 Å². The van der Waals surface area contributed by atoms with Crippen molar-refractivity contribution in [3.63, 3.8) is 0 Å². The van der Waals surface area contributed by atoms with E-state index in [2.05, 4.69) is 46.1 Å². The number of hydrogen-bond acceptors (Lipinski definition) is 4. The minimum Gasteiger partial charge on any atom is -0.398 e. The Hall–Kier alpha value is -1.93. The van der Waals surface area contributed by atoms with E-state index in [1.54, 1.807) is 30.3 Å². The smallest absolute Gasteiger partial charge is 0.245 e. The number of benzene rings is 2. The first-order valence-electron chi connectivity index (χ1n) is 9.44. The van der Waals surface area contributed by atoms with E-state index in [0.717, 1.165) is 11.0 Å². The summed E-state index contributed by atoms with van der Waals surface area (Å²) < 4.78 is 29.1. The van der Waals surface area contributed by atoms with Gasteiger partial charge < -0.3 is 5.73 Å². The summed E-state index contributed by atoms with van der Waals surface area (Å²) >= 11 is 3.47. The van der Waals surface area contributed by atoms with E-state index < -0.39 is 10.0 Å². The van der Waals surface area contributed by atoms with Crippen molar-refractivity contribution in [3.8, 4) is 0 Å². The summed E-state index contributed by atoms with van der Waals surface area (Å²) in [6.45, 7) is 9.76. The molecule has 0 saturated carbocycles. The zero-order valence-corrected chi connectivity index (χ0v) is 18.6. The number of nitrogens with two attached hydrogens (primary N) is 1. The first-order valence-corrected chi connectivity index (χ1v) is 11.7. The highest BCUT2D eigenvalue weighted by atomic mass is 79.9. The Morgan fingerprint density at radius 2 is 1.83 bits per heavy atom. The Bertz CT molecular complexity index is 976. The Balaban J connectivity index is 1.90. The number of nitrogens with zero attached hydrogens (tertiary/aromatic N) is 2. The number of para-hydroxylation sites is 1. The normalized spacial score (nSPS) is 19.7. The lowest BCUT2D eigenvalue weighted by Gasteiger charge is -2.49. The lowest BCUT2D eigenvalue weighted by Crippen LogP contribution is -2.59. The molecule has 154 valence electrons. The molecule has 1 fully saturated rings. The van der Waals surface area contributed by atoms with Gasteiger partial charge in [-0.25, -0.2) is 8.42 Å². The van der Waals surface area contributed by atoms with Gasteiger partial charge in [-0.1, -0.05) is 52.3 Å². The largest absolute Gasteiger partial charge is 0.398 e. The van der Waals surface area contributed by atoms with Crippen molar-refractivity contribution < 1.29 is 8.42 Å². The molecular formula is C22H26BrN3O2S. The van der Waals surface area contributed by atoms with Crippen LogP contribution in [0.3, 0.4) is 0 Å². The molecule has 0 unspecified atom stereocenters. The molecule has 0 aliphatic carbocycles. The van der Waals surface area contributed by atoms with Gasteiger partial charge in [0.15, 0.2) is 0 Å². The molecule has 5 nitrogen and oxygen atoms in total. The van der Waals surface area contributed by atoms with Crippen LogP contribution in [0.5, 0.6) is 0 Å². The third-order valence-electron chi connectivity index (χ3n) is 5.29. The maximum Gasteiger partial charge on any atom is 0.245 e. The van der Waals surface area contributed by atoms with Gasteiger partial charge in [-0.2, -0.15) is 4.31 Å². The van der Waals surface area contributed by atoms with Gasteiger partial charge in [-0.15, -0.1) is 13.2 Å². The summed E-state index contributed by atoms with van der Waals surface area (Å²) in [6, 6.07) is 14.8. The fraction of sp³-hybridized carbons (Fsp3) is 0.273. The van der Waals surface area contributed by atoms with Crippen molar-refractivity contribution in [2.75, 3.05) is 31.9 Å². The number of hydrogen-bond donors (Lipinski definition) is 1. The minimum absolute atomic E-state index is 0.0498. The van der Waals surface area contributed by atoms with Gasteiger partial charge >= 0.3 is 0 Å². The van der Waals surface area contributed by atoms with E-state index >= 15 is 0 Å². The summed E-state index contributed by atoms with van der Waals surface area (Å²) in [5.74, 6) is 0.249. The topological polar surface area (TPSA) is 66.6 Å². The summed E-state index contributed by atoms with van der Waals surface area (Å²) in [4.78, 5) is 2.39. The standard InChI is InChI=1S/C22H26BrN3O2S/c1-3-13-25-15-19(17-9-11-18(23)12-10-17)21(25)16-26(14-4-2)29(27,28)22-8-6-5-7-20(22)24/h3-12,19,21H,1-2,13-16,24H2/t19-,21+/m1/s1. The molecule has 0 amide bonds. The zero-order valence-electron chi connectivity index (χ0n) is 16.2. The Morgan fingerprint density at radius 1 is 1.14 bits per heavy atom. The van der Waals surface area contributed by atoms with Gasteiger partial charge in [0.1, 0.15) is 4.90 Å². The molecule has 2 aromatic rings. The van der Waals surface area contributed by atoms with Crippen LogP contribution in [0.2, 0.25) is 0 Å². The second-order valence-electron chi connectivity index (χ2n) is 7.12. The average molecular weight is 476 g/mol. The SMILES string of the molecule is C=CCN1C[C@H](c2ccc(Br)cc2)[C@@H]1CN(CC=C)S(=O)(=O)c1ccccc1N. The van der Waals surface area contributed by atoms with Gasteiger partial charge in [0.25, 0.3) is 0 Å². The zero-order chi connectivity index (χ0) is 21.0. The number of halogens is 1. The molecule has 0 bridgehead atoms. The number of likely N-dealkylation sites (tertiary alicyclic amines) is 1. The third-order valence-corrected chi connectivity index (χ3v) is 7.72. The monoisotopic (exact) mass is 475 g/mol. The van der Waals surface area contributed by atoms with Crippen molar-refractivity contribution in [3.05, 3.63) is 83.9 Å². The highest BCUT2D eigenvalue weighted by Crippen LogP contribution is 2.36. The number of anilines is 1. The molecule has 2 N–H and O–H groups in total. The molecule has 0 radical (unpaired) electrons. The van der Waals surface area contributed by atoms with Crippen LogP contribution in [-0.2, 0) is 10.0 Å². The lowest BCUT2D eigenvalue weighted by molar-refractivity contribution is 0.0597. The third kappa shape index (κ3) is 4.64. The van der Waals surface area contributed by atoms with Crippen molar-refractivity contribution >= 4 is 31.6 Å². The van der Waals surface area contributed by atoms with E-state index in [0.29, 0.717) is 13.1 Å². The molecule has 2 atom stereocenters. The molecular weight excluding hydrogens is 450 g/mol. The maximum atomic E-state index is 13.3. The molecule has 1 aliphatic heterocycles. The van der Waals surface area contributed by atoms with Gasteiger partial charge in [0.05, 0.1) is 5.69 Å². The molecule has 7 heteroatoms. The average Bonchev–Trinajstić information content (AvgIpc) is 2.69. The van der Waals surface area contributed by atoms with Gasteiger partial charge in [0.2, 0.25) is 10.0 Å². The summed E-state index contributed by atoms with van der Waals surface area (Å²) in [5, 5.41) is 0. The van der Waals surface area contributed by atoms with Gasteiger partial charge in [-0.05, 0) is 29.8 Å². The van der Waals surface area contributed by atoms with Crippen LogP contribution in [0.25, 0.3) is 0 Å². The fourth-order valence-corrected chi connectivity index (χ4v) is 5.57. The van der Waals surface area contributed by atoms with Crippen LogP contribution >= 0.6 is 15.9 Å². The van der Waals surface area contributed by atoms with Crippen LogP contribution in [0, 0.1) is 0 Å². The fourth-order valence-electron chi connectivity index (χ4n) is 3.76. The number of sulfonamides is 1. The molecule has 0 aromatic heterocycles. The molecule has 1 aliphatic rings. The van der Waals surface area contributed by atoms with Gasteiger partial charge in [0, 0.05) is 42.6 Å². The van der Waals surface area contributed by atoms with E-state index in [1.165, 1.54) is 9.87 Å². The highest BCUT2D eigenvalue weighted by Gasteiger charge is 2.42. The summed E-state index contributed by atoms with van der Waals surface area (Å²) in [6.07, 6.45) is 3.47. The van der Waals surface area contributed by atoms with Crippen LogP contribution in [0.15, 0.2) is 83.2 Å². The highest BCUT2D eigenvalue weighted by molar-refractivity contribution is 9.10. The van der Waals surface area contributed by atoms with Gasteiger partial charge in [-0.3, -0.25) is 4.90 Å². The molecule has 0 spiro atoms. The predicted molar refractivity (Wildman–Crippen MR) is 122 cm³/mol. The first kappa shape index (κ1) is 21.8. The molecule has 1 saturated heterocycles. The molecule has 29 heavy (non-hydrogen) atoms. The Labute approximate surface area is 181 Å². The van der Waals surface area contributed by atoms with Crippen molar-refractivity contribution in [2.45, 2.75) is 16.9 Å². The summed E-state index contributed by atoms with van der Waals surface area (Å²) in [7, 11) is -3.74. The number of nitrogen functional groups attached to an aromatic ring is 1. The minimum atomic E-state index is -3.74. The predicted octanol–water partition coefficient (Wildman–Crippen LogP) is 3.86. The van der Waals surface area contributed by atoms with Crippen LogP contribution in [0.1, 0.15) is 11.5 Å². The maximum absolute atomic E-state index is 13.3. The van der Waals surface area contributed by atoms with Crippen molar-refractivity contribution in [2.24, 2.45) is 0 Å². The second-order valence-corrected chi connectivity index (χ2v) is 9.94. The van der Waals surface area contributed by atoms with E-state index in [1.807, 2.05) is 18.2 Å². The molecule has 1 heterocycles. The Kier molecular flexibility index (Phi) is 6.95. The lowest BCUT2D eigenvalue weighted by atomic mass is 9.82. The second kappa shape index (κ2) is 9.26. The summed E-state index contributed by atoms with van der Waals surface area (Å²) in [5.41, 5.74) is 7.42. The first-order chi connectivity index (χ1) is 13.9. The quantitative estimate of drug-likeness (QED) is 0.441. The van der Waals surface area contributed by atoms with E-state index in [9.17, 15) is 8.42 Å². The Morgan fingerprint density at radius 3 is 2.45 bits per heavy atom. The van der Waals surface area contributed by atoms with E-state index in [-0.39, 0.29) is 29.1 Å². The van der Waals surface area contributed by atoms with Crippen molar-refractivity contribution in [1.29, 1.82) is 0 Å². The van der Waals surface area contributed by atoms with Crippen LogP contribution < -0.4 is 5.73 Å². The van der Waals surface area contributed by atoms with Crippen molar-refractivity contribution in [1.82, 2.24) is 9.21 Å². The van der Waals surface area contributed by atoms with Crippen LogP contribution in [-0.4, -0.2) is 49.8 Å². The molecule has 2 aromatic carbocycles. The molecule has 3 rings (SSSR count).